The lowest BCUT2D eigenvalue weighted by Gasteiger charge is -2.15. The van der Waals surface area contributed by atoms with Crippen molar-refractivity contribution in [3.63, 3.8) is 0 Å². The minimum absolute atomic E-state index is 0.0608. The number of alkyl halides is 3. The van der Waals surface area contributed by atoms with Gasteiger partial charge in [-0.1, -0.05) is 35.9 Å². The molecule has 1 atom stereocenters. The molecule has 0 radical (unpaired) electrons. The molecule has 0 heterocycles. The number of hydrogen-bond donors (Lipinski definition) is 2. The van der Waals surface area contributed by atoms with Crippen molar-refractivity contribution in [2.45, 2.75) is 25.1 Å². The zero-order valence-corrected chi connectivity index (χ0v) is 14.1. The maximum absolute atomic E-state index is 12.5. The molecule has 0 aliphatic rings. The Kier molecular flexibility index (Phi) is 6.26. The first-order chi connectivity index (χ1) is 12.1. The molecule has 0 saturated carbocycles. The standard InChI is InChI=1S/C18H15ClF3NO3/c19-14-7-3-11(4-8-14)9-15(17(25)26)23-16(24)10-12-1-5-13(6-2-12)18(20,21)22/h1-8,15H,9-10H2,(H,23,24)(H,25,26)/t15-/m1/s1. The van der Waals surface area contributed by atoms with Crippen LogP contribution in [-0.4, -0.2) is 23.0 Å². The summed E-state index contributed by atoms with van der Waals surface area (Å²) in [5, 5.41) is 12.1. The Balaban J connectivity index is 1.99. The normalized spacial score (nSPS) is 12.5. The smallest absolute Gasteiger partial charge is 0.416 e. The van der Waals surface area contributed by atoms with Gasteiger partial charge in [-0.15, -0.1) is 0 Å². The molecule has 0 spiro atoms. The quantitative estimate of drug-likeness (QED) is 0.796. The third kappa shape index (κ3) is 5.77. The summed E-state index contributed by atoms with van der Waals surface area (Å²) < 4.78 is 37.6. The van der Waals surface area contributed by atoms with Gasteiger partial charge in [0.15, 0.2) is 0 Å². The third-order valence-corrected chi connectivity index (χ3v) is 3.88. The van der Waals surface area contributed by atoms with E-state index in [1.54, 1.807) is 24.3 Å². The number of carboxylic acid groups (broad SMARTS) is 1. The average Bonchev–Trinajstić information content (AvgIpc) is 2.55. The number of nitrogens with one attached hydrogen (secondary N) is 1. The molecule has 1 amide bonds. The fourth-order valence-electron chi connectivity index (χ4n) is 2.30. The molecular formula is C18H15ClF3NO3. The largest absolute Gasteiger partial charge is 0.480 e. The number of halogens is 4. The second-order valence-corrected chi connectivity index (χ2v) is 6.10. The lowest BCUT2D eigenvalue weighted by Crippen LogP contribution is -2.43. The van der Waals surface area contributed by atoms with Gasteiger partial charge in [0.2, 0.25) is 5.91 Å². The van der Waals surface area contributed by atoms with E-state index in [0.29, 0.717) is 16.1 Å². The molecule has 4 nitrogen and oxygen atoms in total. The molecule has 26 heavy (non-hydrogen) atoms. The molecular weight excluding hydrogens is 371 g/mol. The van der Waals surface area contributed by atoms with Crippen molar-refractivity contribution in [3.05, 3.63) is 70.2 Å². The van der Waals surface area contributed by atoms with Crippen LogP contribution in [-0.2, 0) is 28.6 Å². The van der Waals surface area contributed by atoms with Crippen molar-refractivity contribution in [1.82, 2.24) is 5.32 Å². The molecule has 0 fully saturated rings. The van der Waals surface area contributed by atoms with Crippen molar-refractivity contribution in [2.24, 2.45) is 0 Å². The van der Waals surface area contributed by atoms with Crippen molar-refractivity contribution in [3.8, 4) is 0 Å². The lowest BCUT2D eigenvalue weighted by molar-refractivity contribution is -0.141. The Morgan fingerprint density at radius 3 is 2.04 bits per heavy atom. The van der Waals surface area contributed by atoms with Crippen LogP contribution in [0.5, 0.6) is 0 Å². The highest BCUT2D eigenvalue weighted by Crippen LogP contribution is 2.29. The third-order valence-electron chi connectivity index (χ3n) is 3.63. The number of aliphatic carboxylic acids is 1. The Morgan fingerprint density at radius 2 is 1.54 bits per heavy atom. The average molecular weight is 386 g/mol. The molecule has 0 aromatic heterocycles. The van der Waals surface area contributed by atoms with Crippen molar-refractivity contribution in [2.75, 3.05) is 0 Å². The van der Waals surface area contributed by atoms with Crippen molar-refractivity contribution >= 4 is 23.5 Å². The molecule has 2 aromatic rings. The first-order valence-corrected chi connectivity index (χ1v) is 7.95. The highest BCUT2D eigenvalue weighted by atomic mass is 35.5. The van der Waals surface area contributed by atoms with Crippen LogP contribution in [0.4, 0.5) is 13.2 Å². The highest BCUT2D eigenvalue weighted by Gasteiger charge is 2.30. The van der Waals surface area contributed by atoms with Gasteiger partial charge in [-0.2, -0.15) is 13.2 Å². The summed E-state index contributed by atoms with van der Waals surface area (Å²) in [5.74, 6) is -1.80. The van der Waals surface area contributed by atoms with Gasteiger partial charge in [0, 0.05) is 11.4 Å². The van der Waals surface area contributed by atoms with E-state index in [4.69, 9.17) is 11.6 Å². The van der Waals surface area contributed by atoms with E-state index in [2.05, 4.69) is 5.32 Å². The molecule has 0 bridgehead atoms. The molecule has 0 aliphatic carbocycles. The number of rotatable bonds is 6. The molecule has 0 unspecified atom stereocenters. The fourth-order valence-corrected chi connectivity index (χ4v) is 2.42. The Labute approximate surface area is 152 Å². The van der Waals surface area contributed by atoms with Crippen LogP contribution >= 0.6 is 11.6 Å². The van der Waals surface area contributed by atoms with Crippen LogP contribution in [0, 0.1) is 0 Å². The minimum atomic E-state index is -4.45. The summed E-state index contributed by atoms with van der Waals surface area (Å²) >= 11 is 5.77. The van der Waals surface area contributed by atoms with E-state index in [1.165, 1.54) is 12.1 Å². The zero-order chi connectivity index (χ0) is 19.3. The number of carbonyl (C=O) groups is 2. The van der Waals surface area contributed by atoms with E-state index in [9.17, 15) is 27.9 Å². The zero-order valence-electron chi connectivity index (χ0n) is 13.4. The molecule has 2 aromatic carbocycles. The van der Waals surface area contributed by atoms with Gasteiger partial charge in [0.1, 0.15) is 6.04 Å². The predicted molar refractivity (Wildman–Crippen MR) is 89.9 cm³/mol. The maximum Gasteiger partial charge on any atom is 0.416 e. The molecule has 8 heteroatoms. The molecule has 2 N–H and O–H groups in total. The number of hydrogen-bond acceptors (Lipinski definition) is 2. The Hall–Kier alpha value is -2.54. The molecule has 0 saturated heterocycles. The number of carboxylic acids is 1. The topological polar surface area (TPSA) is 66.4 Å². The van der Waals surface area contributed by atoms with Gasteiger partial charge >= 0.3 is 12.1 Å². The second kappa shape index (κ2) is 8.23. The van der Waals surface area contributed by atoms with Gasteiger partial charge in [0.05, 0.1) is 12.0 Å². The Morgan fingerprint density at radius 1 is 1.00 bits per heavy atom. The summed E-state index contributed by atoms with van der Waals surface area (Å²) in [6.07, 6.45) is -4.61. The monoisotopic (exact) mass is 385 g/mol. The highest BCUT2D eigenvalue weighted by molar-refractivity contribution is 6.30. The van der Waals surface area contributed by atoms with Crippen LogP contribution in [0.25, 0.3) is 0 Å². The number of amides is 1. The summed E-state index contributed by atoms with van der Waals surface area (Å²) in [5.41, 5.74) is 0.218. The van der Waals surface area contributed by atoms with Crippen LogP contribution in [0.1, 0.15) is 16.7 Å². The lowest BCUT2D eigenvalue weighted by atomic mass is 10.0. The van der Waals surface area contributed by atoms with Gasteiger partial charge in [-0.25, -0.2) is 4.79 Å². The molecule has 2 rings (SSSR count). The van der Waals surface area contributed by atoms with Gasteiger partial charge in [-0.3, -0.25) is 4.79 Å². The summed E-state index contributed by atoms with van der Waals surface area (Å²) in [7, 11) is 0. The van der Waals surface area contributed by atoms with Crippen LogP contribution in [0.15, 0.2) is 48.5 Å². The van der Waals surface area contributed by atoms with Crippen LogP contribution < -0.4 is 5.32 Å². The van der Waals surface area contributed by atoms with E-state index in [1.807, 2.05) is 0 Å². The Bertz CT molecular complexity index is 774. The van der Waals surface area contributed by atoms with Gasteiger partial charge < -0.3 is 10.4 Å². The minimum Gasteiger partial charge on any atom is -0.480 e. The van der Waals surface area contributed by atoms with Crippen molar-refractivity contribution in [1.29, 1.82) is 0 Å². The maximum atomic E-state index is 12.5. The van der Waals surface area contributed by atoms with Crippen LogP contribution in [0.3, 0.4) is 0 Å². The molecule has 0 aliphatic heterocycles. The second-order valence-electron chi connectivity index (χ2n) is 5.66. The predicted octanol–water partition coefficient (Wildman–Crippen LogP) is 3.71. The van der Waals surface area contributed by atoms with Crippen LogP contribution in [0.2, 0.25) is 5.02 Å². The first-order valence-electron chi connectivity index (χ1n) is 7.58. The van der Waals surface area contributed by atoms with Gasteiger partial charge in [0.25, 0.3) is 0 Å². The summed E-state index contributed by atoms with van der Waals surface area (Å²) in [6.45, 7) is 0. The van der Waals surface area contributed by atoms with E-state index in [-0.39, 0.29) is 12.8 Å². The summed E-state index contributed by atoms with van der Waals surface area (Å²) in [6, 6.07) is 9.52. The number of carbonyl (C=O) groups excluding carboxylic acids is 1. The van der Waals surface area contributed by atoms with Crippen molar-refractivity contribution < 1.29 is 27.9 Å². The summed E-state index contributed by atoms with van der Waals surface area (Å²) in [4.78, 5) is 23.4. The SMILES string of the molecule is O=C(Cc1ccc(C(F)(F)F)cc1)N[C@H](Cc1ccc(Cl)cc1)C(=O)O. The van der Waals surface area contributed by atoms with E-state index in [0.717, 1.165) is 12.1 Å². The fraction of sp³-hybridized carbons (Fsp3) is 0.222. The first kappa shape index (κ1) is 19.8. The molecule has 138 valence electrons. The van der Waals surface area contributed by atoms with E-state index < -0.39 is 29.7 Å². The van der Waals surface area contributed by atoms with E-state index >= 15 is 0 Å². The van der Waals surface area contributed by atoms with Gasteiger partial charge in [-0.05, 0) is 35.4 Å². The number of benzene rings is 2.